The maximum Gasteiger partial charge on any atom is 0.274 e. The highest BCUT2D eigenvalue weighted by Gasteiger charge is 2.29. The Morgan fingerprint density at radius 1 is 1.50 bits per heavy atom. The Hall–Kier alpha value is -0.720. The molecule has 1 saturated heterocycles. The Kier molecular flexibility index (Phi) is 7.72. The van der Waals surface area contributed by atoms with E-state index in [0.29, 0.717) is 11.3 Å². The van der Waals surface area contributed by atoms with Gasteiger partial charge in [0.05, 0.1) is 16.6 Å². The molecule has 0 saturated carbocycles. The fraction of sp³-hybridized carbons (Fsp3) is 0.667. The van der Waals surface area contributed by atoms with Gasteiger partial charge in [-0.2, -0.15) is 0 Å². The number of nitrogens with one attached hydrogen (secondary N) is 1. The topological polar surface area (TPSA) is 32.3 Å². The SMILES string of the molecule is CCCN1CCCCC1C(=O)Nc1c(C)csc1C(F)F.Cl. The van der Waals surface area contributed by atoms with Crippen LogP contribution in [-0.4, -0.2) is 29.9 Å². The molecule has 1 amide bonds. The molecule has 0 radical (unpaired) electrons. The van der Waals surface area contributed by atoms with Crippen molar-refractivity contribution in [1.29, 1.82) is 0 Å². The molecule has 0 aliphatic carbocycles. The minimum absolute atomic E-state index is 0. The van der Waals surface area contributed by atoms with E-state index < -0.39 is 6.43 Å². The number of piperidine rings is 1. The molecular formula is C15H23ClF2N2OS. The number of rotatable bonds is 5. The number of carbonyl (C=O) groups excluding carboxylic acids is 1. The minimum Gasteiger partial charge on any atom is -0.323 e. The van der Waals surface area contributed by atoms with E-state index in [9.17, 15) is 13.6 Å². The maximum absolute atomic E-state index is 13.0. The van der Waals surface area contributed by atoms with Crippen LogP contribution in [0.3, 0.4) is 0 Å². The summed E-state index contributed by atoms with van der Waals surface area (Å²) in [7, 11) is 0. The molecule has 1 aromatic heterocycles. The molecular weight excluding hydrogens is 330 g/mol. The zero-order chi connectivity index (χ0) is 15.4. The van der Waals surface area contributed by atoms with Crippen LogP contribution in [0.2, 0.25) is 0 Å². The molecule has 1 aliphatic heterocycles. The molecule has 1 aromatic rings. The van der Waals surface area contributed by atoms with E-state index in [1.54, 1.807) is 12.3 Å². The lowest BCUT2D eigenvalue weighted by Crippen LogP contribution is -2.47. The van der Waals surface area contributed by atoms with Gasteiger partial charge in [0.25, 0.3) is 6.43 Å². The first-order valence-corrected chi connectivity index (χ1v) is 8.33. The zero-order valence-corrected chi connectivity index (χ0v) is 14.5. The lowest BCUT2D eigenvalue weighted by Gasteiger charge is -2.34. The Morgan fingerprint density at radius 3 is 2.86 bits per heavy atom. The van der Waals surface area contributed by atoms with E-state index in [1.165, 1.54) is 0 Å². The van der Waals surface area contributed by atoms with Gasteiger partial charge in [0.15, 0.2) is 0 Å². The normalized spacial score (nSPS) is 19.0. The smallest absolute Gasteiger partial charge is 0.274 e. The Balaban J connectivity index is 0.00000242. The summed E-state index contributed by atoms with van der Waals surface area (Å²) in [5, 5.41) is 4.42. The van der Waals surface area contributed by atoms with Crippen molar-refractivity contribution in [3.63, 3.8) is 0 Å². The van der Waals surface area contributed by atoms with Gasteiger partial charge >= 0.3 is 0 Å². The van der Waals surface area contributed by atoms with Crippen LogP contribution < -0.4 is 5.32 Å². The molecule has 1 fully saturated rings. The van der Waals surface area contributed by atoms with Crippen molar-refractivity contribution in [1.82, 2.24) is 4.90 Å². The first kappa shape index (κ1) is 19.3. The summed E-state index contributed by atoms with van der Waals surface area (Å²) in [6, 6.07) is -0.191. The fourth-order valence-corrected chi connectivity index (χ4v) is 3.69. The third-order valence-corrected chi connectivity index (χ3v) is 4.98. The lowest BCUT2D eigenvalue weighted by molar-refractivity contribution is -0.122. The van der Waals surface area contributed by atoms with Gasteiger partial charge < -0.3 is 5.32 Å². The summed E-state index contributed by atoms with van der Waals surface area (Å²) in [5.74, 6) is -0.147. The first-order chi connectivity index (χ1) is 10.0. The number of halogens is 3. The van der Waals surface area contributed by atoms with Crippen LogP contribution in [0, 0.1) is 6.92 Å². The Morgan fingerprint density at radius 2 is 2.23 bits per heavy atom. The summed E-state index contributed by atoms with van der Waals surface area (Å²) in [6.45, 7) is 5.63. The largest absolute Gasteiger partial charge is 0.323 e. The predicted molar refractivity (Wildman–Crippen MR) is 89.4 cm³/mol. The van der Waals surface area contributed by atoms with Crippen molar-refractivity contribution in [2.75, 3.05) is 18.4 Å². The quantitative estimate of drug-likeness (QED) is 0.838. The number of hydrogen-bond donors (Lipinski definition) is 1. The molecule has 3 nitrogen and oxygen atoms in total. The Bertz CT molecular complexity index is 494. The number of likely N-dealkylation sites (tertiary alicyclic amines) is 1. The maximum atomic E-state index is 13.0. The number of carbonyl (C=O) groups is 1. The molecule has 1 aliphatic rings. The molecule has 0 bridgehead atoms. The van der Waals surface area contributed by atoms with Crippen LogP contribution in [0.25, 0.3) is 0 Å². The van der Waals surface area contributed by atoms with Crippen LogP contribution in [0.5, 0.6) is 0 Å². The predicted octanol–water partition coefficient (Wildman–Crippen LogP) is 4.62. The van der Waals surface area contributed by atoms with Gasteiger partial charge in [-0.05, 0) is 50.2 Å². The molecule has 2 rings (SSSR count). The zero-order valence-electron chi connectivity index (χ0n) is 12.9. The lowest BCUT2D eigenvalue weighted by atomic mass is 10.0. The summed E-state index contributed by atoms with van der Waals surface area (Å²) in [5.41, 5.74) is 1.02. The van der Waals surface area contributed by atoms with Crippen molar-refractivity contribution >= 4 is 35.3 Å². The van der Waals surface area contributed by atoms with Gasteiger partial charge in [0.2, 0.25) is 5.91 Å². The van der Waals surface area contributed by atoms with Crippen LogP contribution >= 0.6 is 23.7 Å². The summed E-state index contributed by atoms with van der Waals surface area (Å²) < 4.78 is 26.0. The van der Waals surface area contributed by atoms with Crippen molar-refractivity contribution in [2.24, 2.45) is 0 Å². The summed E-state index contributed by atoms with van der Waals surface area (Å²) >= 11 is 1.01. The number of hydrogen-bond acceptors (Lipinski definition) is 3. The second kappa shape index (κ2) is 8.79. The van der Waals surface area contributed by atoms with E-state index in [-0.39, 0.29) is 29.2 Å². The molecule has 2 heterocycles. The second-order valence-electron chi connectivity index (χ2n) is 5.50. The number of anilines is 1. The van der Waals surface area contributed by atoms with Crippen LogP contribution in [-0.2, 0) is 4.79 Å². The highest BCUT2D eigenvalue weighted by atomic mass is 35.5. The first-order valence-electron chi connectivity index (χ1n) is 7.45. The number of aryl methyl sites for hydroxylation is 1. The van der Waals surface area contributed by atoms with Crippen LogP contribution in [0.15, 0.2) is 5.38 Å². The summed E-state index contributed by atoms with van der Waals surface area (Å²) in [6.07, 6.45) is 1.37. The average molecular weight is 353 g/mol. The third-order valence-electron chi connectivity index (χ3n) is 3.88. The van der Waals surface area contributed by atoms with Gasteiger partial charge in [0, 0.05) is 0 Å². The summed E-state index contributed by atoms with van der Waals surface area (Å²) in [4.78, 5) is 14.6. The van der Waals surface area contributed by atoms with E-state index in [1.807, 2.05) is 0 Å². The average Bonchev–Trinajstić information content (AvgIpc) is 2.81. The molecule has 22 heavy (non-hydrogen) atoms. The van der Waals surface area contributed by atoms with E-state index in [0.717, 1.165) is 50.1 Å². The molecule has 0 spiro atoms. The molecule has 7 heteroatoms. The highest BCUT2D eigenvalue weighted by molar-refractivity contribution is 7.10. The van der Waals surface area contributed by atoms with Crippen molar-refractivity contribution in [3.05, 3.63) is 15.8 Å². The Labute approximate surface area is 140 Å². The van der Waals surface area contributed by atoms with Gasteiger partial charge in [-0.3, -0.25) is 9.69 Å². The number of alkyl halides is 2. The number of nitrogens with zero attached hydrogens (tertiary/aromatic N) is 1. The molecule has 126 valence electrons. The molecule has 0 aromatic carbocycles. The van der Waals surface area contributed by atoms with Gasteiger partial charge in [-0.15, -0.1) is 23.7 Å². The number of thiophene rings is 1. The monoisotopic (exact) mass is 352 g/mol. The molecule has 1 N–H and O–H groups in total. The number of amides is 1. The van der Waals surface area contributed by atoms with Crippen molar-refractivity contribution in [3.8, 4) is 0 Å². The van der Waals surface area contributed by atoms with Gasteiger partial charge in [-0.1, -0.05) is 13.3 Å². The highest BCUT2D eigenvalue weighted by Crippen LogP contribution is 2.36. The van der Waals surface area contributed by atoms with Crippen molar-refractivity contribution < 1.29 is 13.6 Å². The van der Waals surface area contributed by atoms with Crippen LogP contribution in [0.4, 0.5) is 14.5 Å². The minimum atomic E-state index is -2.54. The standard InChI is InChI=1S/C15H22F2N2OS.ClH/c1-3-7-19-8-5-4-6-11(19)15(20)18-12-10(2)9-21-13(12)14(16)17;/h9,11,14H,3-8H2,1-2H3,(H,18,20);1H. The molecule has 1 unspecified atom stereocenters. The fourth-order valence-electron chi connectivity index (χ4n) is 2.83. The third kappa shape index (κ3) is 4.40. The second-order valence-corrected chi connectivity index (χ2v) is 6.41. The van der Waals surface area contributed by atoms with E-state index >= 15 is 0 Å². The van der Waals surface area contributed by atoms with Crippen molar-refractivity contribution in [2.45, 2.75) is 52.0 Å². The van der Waals surface area contributed by atoms with E-state index in [2.05, 4.69) is 17.1 Å². The van der Waals surface area contributed by atoms with Crippen LogP contribution in [0.1, 0.15) is 49.5 Å². The van der Waals surface area contributed by atoms with E-state index in [4.69, 9.17) is 0 Å². The molecule has 1 atom stereocenters. The van der Waals surface area contributed by atoms with Gasteiger partial charge in [-0.25, -0.2) is 8.78 Å². The van der Waals surface area contributed by atoms with Gasteiger partial charge in [0.1, 0.15) is 0 Å².